The van der Waals surface area contributed by atoms with Gasteiger partial charge < -0.3 is 33.3 Å². The minimum absolute atomic E-state index is 0.0347. The number of rotatable bonds is 27. The fourth-order valence-electron chi connectivity index (χ4n) is 4.46. The van der Waals surface area contributed by atoms with Crippen LogP contribution in [-0.2, 0) is 28.9 Å². The van der Waals surface area contributed by atoms with Gasteiger partial charge in [0, 0.05) is 38.9 Å². The Balaban J connectivity index is 1.33. The monoisotopic (exact) mass is 664 g/mol. The van der Waals surface area contributed by atoms with Gasteiger partial charge in [-0.2, -0.15) is 4.89 Å². The van der Waals surface area contributed by atoms with Crippen LogP contribution in [0.3, 0.4) is 0 Å². The Morgan fingerprint density at radius 2 is 1.25 bits per heavy atom. The summed E-state index contributed by atoms with van der Waals surface area (Å²) in [7, 11) is 1.68. The standard InChI is InChI=1S/C38H48O10/c1-4-23-46-47-29-8-6-5-7-27-43-35-19-21-37(22-20-35)45-30-44-36-17-15-34(16-18-36)38(48-39)33-13-11-32(12-14-33)31(2)42-28-10-26-41-25-9-24-40-3/h11-23,38-39H,1-2,5-10,24-30H2,3H3. The predicted octanol–water partition coefficient (Wildman–Crippen LogP) is 8.30. The zero-order valence-corrected chi connectivity index (χ0v) is 27.8. The molecule has 3 aromatic rings. The van der Waals surface area contributed by atoms with E-state index in [1.54, 1.807) is 19.2 Å². The van der Waals surface area contributed by atoms with Crippen molar-refractivity contribution in [1.82, 2.24) is 0 Å². The Kier molecular flexibility index (Phi) is 19.0. The minimum atomic E-state index is -0.672. The maximum Gasteiger partial charge on any atom is 0.230 e. The van der Waals surface area contributed by atoms with Crippen molar-refractivity contribution in [2.45, 2.75) is 44.6 Å². The lowest BCUT2D eigenvalue weighted by Crippen LogP contribution is -2.07. The van der Waals surface area contributed by atoms with Gasteiger partial charge in [0.1, 0.15) is 29.1 Å². The highest BCUT2D eigenvalue weighted by molar-refractivity contribution is 5.58. The van der Waals surface area contributed by atoms with Crippen molar-refractivity contribution >= 4 is 5.76 Å². The summed E-state index contributed by atoms with van der Waals surface area (Å²) < 4.78 is 33.6. The molecule has 0 heterocycles. The second-order valence-corrected chi connectivity index (χ2v) is 10.6. The van der Waals surface area contributed by atoms with Crippen LogP contribution in [0.25, 0.3) is 5.76 Å². The molecule has 0 spiro atoms. The molecule has 1 unspecified atom stereocenters. The molecule has 3 rings (SSSR count). The molecule has 0 amide bonds. The van der Waals surface area contributed by atoms with E-state index < -0.39 is 6.10 Å². The van der Waals surface area contributed by atoms with Crippen molar-refractivity contribution in [3.8, 4) is 17.2 Å². The fourth-order valence-corrected chi connectivity index (χ4v) is 4.46. The Labute approximate surface area is 283 Å². The number of ether oxygens (including phenoxy) is 6. The van der Waals surface area contributed by atoms with Gasteiger partial charge in [-0.25, -0.2) is 4.89 Å². The summed E-state index contributed by atoms with van der Waals surface area (Å²) in [6.07, 6.45) is 6.20. The minimum Gasteiger partial charge on any atom is -0.494 e. The number of hydrogen-bond acceptors (Lipinski definition) is 10. The molecule has 0 aliphatic rings. The number of unbranched alkanes of at least 4 members (excludes halogenated alkanes) is 3. The molecule has 1 atom stereocenters. The van der Waals surface area contributed by atoms with Crippen molar-refractivity contribution in [3.05, 3.63) is 115 Å². The van der Waals surface area contributed by atoms with Crippen LogP contribution in [0.15, 0.2) is 97.9 Å². The summed E-state index contributed by atoms with van der Waals surface area (Å²) in [4.78, 5) is 14.5. The van der Waals surface area contributed by atoms with Crippen LogP contribution < -0.4 is 14.2 Å². The topological polar surface area (TPSA) is 103 Å². The van der Waals surface area contributed by atoms with Crippen LogP contribution in [0.5, 0.6) is 17.2 Å². The van der Waals surface area contributed by atoms with Gasteiger partial charge in [-0.05, 0) is 73.2 Å². The number of methoxy groups -OCH3 is 1. The van der Waals surface area contributed by atoms with Gasteiger partial charge in [0.05, 0.1) is 19.8 Å². The quantitative estimate of drug-likeness (QED) is 0.0214. The van der Waals surface area contributed by atoms with Gasteiger partial charge in [0.25, 0.3) is 0 Å². The van der Waals surface area contributed by atoms with Crippen LogP contribution in [-0.4, -0.2) is 58.8 Å². The van der Waals surface area contributed by atoms with Crippen LogP contribution >= 0.6 is 0 Å². The maximum absolute atomic E-state index is 9.69. The highest BCUT2D eigenvalue weighted by Gasteiger charge is 2.16. The van der Waals surface area contributed by atoms with E-state index in [0.29, 0.717) is 56.9 Å². The van der Waals surface area contributed by atoms with E-state index in [2.05, 4.69) is 18.9 Å². The first-order chi connectivity index (χ1) is 23.6. The van der Waals surface area contributed by atoms with Gasteiger partial charge in [-0.3, -0.25) is 5.26 Å². The van der Waals surface area contributed by atoms with E-state index in [-0.39, 0.29) is 6.79 Å². The normalized spacial score (nSPS) is 11.3. The van der Waals surface area contributed by atoms with Gasteiger partial charge in [0.15, 0.2) is 6.26 Å². The summed E-state index contributed by atoms with van der Waals surface area (Å²) in [6, 6.07) is 22.2. The summed E-state index contributed by atoms with van der Waals surface area (Å²) in [5, 5.41) is 9.69. The lowest BCUT2D eigenvalue weighted by molar-refractivity contribution is -0.270. The van der Waals surface area contributed by atoms with Crippen molar-refractivity contribution < 1.29 is 48.3 Å². The summed E-state index contributed by atoms with van der Waals surface area (Å²) in [6.45, 7) is 11.1. The number of hydrogen-bond donors (Lipinski definition) is 1. The number of benzene rings is 3. The van der Waals surface area contributed by atoms with E-state index in [1.165, 1.54) is 6.26 Å². The molecule has 1 N–H and O–H groups in total. The summed E-state index contributed by atoms with van der Waals surface area (Å²) >= 11 is 0. The average Bonchev–Trinajstić information content (AvgIpc) is 3.12. The van der Waals surface area contributed by atoms with Crippen molar-refractivity contribution in [2.24, 2.45) is 0 Å². The molecular weight excluding hydrogens is 616 g/mol. The SMILES string of the molecule is C=C=COOCCCCCCOc1ccc(OCOc2ccc(C(OO)c3ccc(C(=C)OCCCOCCCOC)cc3)cc2)cc1. The third-order valence-corrected chi connectivity index (χ3v) is 7.04. The first-order valence-corrected chi connectivity index (χ1v) is 16.1. The second-order valence-electron chi connectivity index (χ2n) is 10.6. The molecule has 0 fully saturated rings. The molecule has 0 aliphatic heterocycles. The van der Waals surface area contributed by atoms with E-state index in [4.69, 9.17) is 43.1 Å². The van der Waals surface area contributed by atoms with Crippen LogP contribution in [0.2, 0.25) is 0 Å². The van der Waals surface area contributed by atoms with Gasteiger partial charge in [-0.15, -0.1) is 0 Å². The zero-order valence-electron chi connectivity index (χ0n) is 27.8. The Bertz CT molecular complexity index is 1320. The van der Waals surface area contributed by atoms with Gasteiger partial charge >= 0.3 is 0 Å². The molecule has 10 nitrogen and oxygen atoms in total. The molecule has 260 valence electrons. The van der Waals surface area contributed by atoms with Gasteiger partial charge in [0.2, 0.25) is 6.79 Å². The van der Waals surface area contributed by atoms with E-state index >= 15 is 0 Å². The van der Waals surface area contributed by atoms with E-state index in [0.717, 1.165) is 61.0 Å². The molecule has 0 bridgehead atoms. The first-order valence-electron chi connectivity index (χ1n) is 16.1. The molecule has 0 saturated carbocycles. The van der Waals surface area contributed by atoms with Crippen molar-refractivity contribution in [2.75, 3.05) is 53.5 Å². The molecule has 0 radical (unpaired) electrons. The molecule has 0 saturated heterocycles. The summed E-state index contributed by atoms with van der Waals surface area (Å²) in [5.41, 5.74) is 4.86. The second kappa shape index (κ2) is 23.9. The van der Waals surface area contributed by atoms with Crippen LogP contribution in [0.1, 0.15) is 61.3 Å². The highest BCUT2D eigenvalue weighted by Crippen LogP contribution is 2.28. The van der Waals surface area contributed by atoms with E-state index in [9.17, 15) is 5.26 Å². The zero-order chi connectivity index (χ0) is 34.1. The highest BCUT2D eigenvalue weighted by atomic mass is 17.2. The first kappa shape index (κ1) is 38.2. The predicted molar refractivity (Wildman–Crippen MR) is 183 cm³/mol. The Morgan fingerprint density at radius 3 is 1.85 bits per heavy atom. The Morgan fingerprint density at radius 1 is 0.688 bits per heavy atom. The van der Waals surface area contributed by atoms with Crippen molar-refractivity contribution in [3.63, 3.8) is 0 Å². The third-order valence-electron chi connectivity index (χ3n) is 7.04. The smallest absolute Gasteiger partial charge is 0.230 e. The molecule has 0 aromatic heterocycles. The lowest BCUT2D eigenvalue weighted by atomic mass is 10.00. The maximum atomic E-state index is 9.69. The van der Waals surface area contributed by atoms with E-state index in [1.807, 2.05) is 60.7 Å². The molecular formula is C38H48O10. The summed E-state index contributed by atoms with van der Waals surface area (Å²) in [5.74, 6) is 2.64. The largest absolute Gasteiger partial charge is 0.494 e. The average molecular weight is 665 g/mol. The Hall–Kier alpha value is -4.28. The van der Waals surface area contributed by atoms with Crippen LogP contribution in [0, 0.1) is 0 Å². The molecule has 0 aliphatic carbocycles. The van der Waals surface area contributed by atoms with Crippen LogP contribution in [0.4, 0.5) is 0 Å². The van der Waals surface area contributed by atoms with Crippen molar-refractivity contribution in [1.29, 1.82) is 0 Å². The third kappa shape index (κ3) is 15.1. The molecule has 10 heteroatoms. The lowest BCUT2D eigenvalue weighted by Gasteiger charge is -2.16. The van der Waals surface area contributed by atoms with Gasteiger partial charge in [-0.1, -0.05) is 61.7 Å². The fraction of sp³-hybridized carbons (Fsp3) is 0.395. The molecule has 3 aromatic carbocycles. The molecule has 48 heavy (non-hydrogen) atoms.